The highest BCUT2D eigenvalue weighted by molar-refractivity contribution is 7.71. The van der Waals surface area contributed by atoms with Gasteiger partial charge in [0.25, 0.3) is 0 Å². The number of hydrogen-bond acceptors (Lipinski definition) is 5. The number of thiophene rings is 1. The third-order valence-corrected chi connectivity index (χ3v) is 5.92. The maximum Gasteiger partial charge on any atom is 0.216 e. The van der Waals surface area contributed by atoms with Crippen molar-refractivity contribution in [3.63, 3.8) is 0 Å². The maximum atomic E-state index is 5.40. The number of para-hydroxylation sites is 1. The Morgan fingerprint density at radius 2 is 1.84 bits per heavy atom. The van der Waals surface area contributed by atoms with E-state index < -0.39 is 0 Å². The molecule has 0 saturated heterocycles. The summed E-state index contributed by atoms with van der Waals surface area (Å²) in [5, 5.41) is 18.7. The summed E-state index contributed by atoms with van der Waals surface area (Å²) in [5.74, 6) is 0.684. The highest BCUT2D eigenvalue weighted by atomic mass is 32.1. The van der Waals surface area contributed by atoms with Gasteiger partial charge in [0.1, 0.15) is 5.69 Å². The van der Waals surface area contributed by atoms with Crippen molar-refractivity contribution in [3.05, 3.63) is 94.2 Å². The predicted octanol–water partition coefficient (Wildman–Crippen LogP) is 5.71. The fourth-order valence-corrected chi connectivity index (χ4v) is 4.09. The third kappa shape index (κ3) is 3.90. The van der Waals surface area contributed by atoms with Gasteiger partial charge in [-0.2, -0.15) is 20.0 Å². The molecule has 2 aromatic carbocycles. The first-order chi connectivity index (χ1) is 15.2. The van der Waals surface area contributed by atoms with Crippen molar-refractivity contribution in [1.29, 1.82) is 0 Å². The van der Waals surface area contributed by atoms with E-state index in [1.54, 1.807) is 22.2 Å². The Morgan fingerprint density at radius 1 is 1.03 bits per heavy atom. The molecule has 0 aliphatic rings. The zero-order valence-electron chi connectivity index (χ0n) is 16.6. The number of aromatic nitrogens is 5. The number of hydrogen-bond donors (Lipinski definition) is 1. The van der Waals surface area contributed by atoms with Crippen LogP contribution in [0.1, 0.15) is 11.1 Å². The quantitative estimate of drug-likeness (QED) is 0.280. The number of aryl methyl sites for hydroxylation is 1. The van der Waals surface area contributed by atoms with Crippen LogP contribution in [0.5, 0.6) is 0 Å². The first-order valence-corrected chi connectivity index (χ1v) is 11.0. The molecule has 3 aromatic heterocycles. The van der Waals surface area contributed by atoms with Gasteiger partial charge in [-0.25, -0.2) is 9.78 Å². The molecule has 152 valence electrons. The summed E-state index contributed by atoms with van der Waals surface area (Å²) in [6.45, 7) is 2.07. The Hall–Kier alpha value is -3.62. The fourth-order valence-electron chi connectivity index (χ4n) is 3.21. The van der Waals surface area contributed by atoms with Gasteiger partial charge in [-0.05, 0) is 42.7 Å². The molecule has 0 fully saturated rings. The molecular formula is C23H18N6S2. The van der Waals surface area contributed by atoms with E-state index in [1.165, 1.54) is 5.56 Å². The second-order valence-corrected chi connectivity index (χ2v) is 8.30. The number of rotatable bonds is 5. The van der Waals surface area contributed by atoms with E-state index in [0.717, 1.165) is 27.4 Å². The van der Waals surface area contributed by atoms with Crippen molar-refractivity contribution in [3.8, 4) is 27.6 Å². The second-order valence-electron chi connectivity index (χ2n) is 6.97. The van der Waals surface area contributed by atoms with Gasteiger partial charge in [-0.1, -0.05) is 54.1 Å². The van der Waals surface area contributed by atoms with Gasteiger partial charge in [-0.15, -0.1) is 11.3 Å². The van der Waals surface area contributed by atoms with E-state index in [4.69, 9.17) is 17.3 Å². The van der Waals surface area contributed by atoms with E-state index in [1.807, 2.05) is 58.7 Å². The molecule has 31 heavy (non-hydrogen) atoms. The Labute approximate surface area is 188 Å². The fraction of sp³-hybridized carbons (Fsp3) is 0.0435. The monoisotopic (exact) mass is 442 g/mol. The zero-order valence-corrected chi connectivity index (χ0v) is 18.3. The summed E-state index contributed by atoms with van der Waals surface area (Å²) in [6, 6.07) is 22.3. The van der Waals surface area contributed by atoms with Crippen LogP contribution in [0.4, 0.5) is 0 Å². The minimum absolute atomic E-state index is 0.437. The van der Waals surface area contributed by atoms with Gasteiger partial charge in [-0.3, -0.25) is 0 Å². The van der Waals surface area contributed by atoms with Crippen molar-refractivity contribution in [2.75, 3.05) is 0 Å². The lowest BCUT2D eigenvalue weighted by atomic mass is 10.1. The van der Waals surface area contributed by atoms with Crippen LogP contribution in [0.2, 0.25) is 0 Å². The molecule has 6 nitrogen and oxygen atoms in total. The number of aromatic amines is 1. The van der Waals surface area contributed by atoms with Crippen LogP contribution in [0, 0.1) is 11.7 Å². The molecule has 0 amide bonds. The first-order valence-electron chi connectivity index (χ1n) is 9.67. The number of nitrogens with zero attached hydrogens (tertiary/aromatic N) is 5. The van der Waals surface area contributed by atoms with Crippen LogP contribution in [-0.2, 0) is 0 Å². The molecule has 3 heterocycles. The van der Waals surface area contributed by atoms with Crippen molar-refractivity contribution >= 4 is 29.8 Å². The van der Waals surface area contributed by atoms with Crippen molar-refractivity contribution in [1.82, 2.24) is 24.7 Å². The topological polar surface area (TPSA) is 63.8 Å². The molecule has 1 N–H and O–H groups in total. The Morgan fingerprint density at radius 3 is 2.58 bits per heavy atom. The maximum absolute atomic E-state index is 5.40. The largest absolute Gasteiger partial charge is 0.250 e. The summed E-state index contributed by atoms with van der Waals surface area (Å²) < 4.78 is 3.94. The van der Waals surface area contributed by atoms with Crippen LogP contribution in [0.15, 0.2) is 83.4 Å². The van der Waals surface area contributed by atoms with Crippen molar-refractivity contribution < 1.29 is 0 Å². The standard InChI is InChI=1S/C23H18N6S2/c1-16-9-11-17(12-10-16)21-18(15-28(27-21)19-6-3-2-4-7-19)14-24-29-22(25-26-23(29)30)20-8-5-13-31-20/h2-15H,1H3,(H,26,30)/b24-14-. The van der Waals surface area contributed by atoms with Crippen LogP contribution in [-0.4, -0.2) is 30.9 Å². The van der Waals surface area contributed by atoms with E-state index in [-0.39, 0.29) is 0 Å². The lowest BCUT2D eigenvalue weighted by Crippen LogP contribution is -1.94. The van der Waals surface area contributed by atoms with Crippen LogP contribution in [0.25, 0.3) is 27.6 Å². The van der Waals surface area contributed by atoms with E-state index in [2.05, 4.69) is 46.5 Å². The lowest BCUT2D eigenvalue weighted by Gasteiger charge is -2.01. The van der Waals surface area contributed by atoms with Gasteiger partial charge in [0.2, 0.25) is 4.77 Å². The van der Waals surface area contributed by atoms with Gasteiger partial charge in [0, 0.05) is 17.3 Å². The molecule has 0 unspecified atom stereocenters. The average molecular weight is 443 g/mol. The molecule has 8 heteroatoms. The summed E-state index contributed by atoms with van der Waals surface area (Å²) in [4.78, 5) is 0.989. The second kappa shape index (κ2) is 8.25. The smallest absolute Gasteiger partial charge is 0.216 e. The Bertz CT molecular complexity index is 1390. The van der Waals surface area contributed by atoms with Gasteiger partial charge in [0.05, 0.1) is 16.8 Å². The number of benzene rings is 2. The lowest BCUT2D eigenvalue weighted by molar-refractivity contribution is 0.873. The summed E-state index contributed by atoms with van der Waals surface area (Å²) in [6.07, 6.45) is 3.76. The van der Waals surface area contributed by atoms with Crippen LogP contribution in [0.3, 0.4) is 0 Å². The molecule has 0 radical (unpaired) electrons. The van der Waals surface area contributed by atoms with Gasteiger partial charge in [0.15, 0.2) is 5.82 Å². The van der Waals surface area contributed by atoms with E-state index in [0.29, 0.717) is 10.6 Å². The van der Waals surface area contributed by atoms with Crippen molar-refractivity contribution in [2.24, 2.45) is 5.10 Å². The summed E-state index contributed by atoms with van der Waals surface area (Å²) >= 11 is 6.99. The van der Waals surface area contributed by atoms with E-state index in [9.17, 15) is 0 Å². The van der Waals surface area contributed by atoms with Crippen LogP contribution < -0.4 is 0 Å². The number of H-pyrrole nitrogens is 1. The van der Waals surface area contributed by atoms with E-state index >= 15 is 0 Å². The normalized spacial score (nSPS) is 11.4. The average Bonchev–Trinajstić information content (AvgIpc) is 3.54. The molecule has 0 spiro atoms. The van der Waals surface area contributed by atoms with Crippen LogP contribution >= 0.6 is 23.6 Å². The predicted molar refractivity (Wildman–Crippen MR) is 127 cm³/mol. The molecule has 0 saturated carbocycles. The molecule has 0 aliphatic heterocycles. The zero-order chi connectivity index (χ0) is 21.2. The third-order valence-electron chi connectivity index (χ3n) is 4.79. The Balaban J connectivity index is 1.60. The minimum Gasteiger partial charge on any atom is -0.250 e. The minimum atomic E-state index is 0.437. The Kier molecular flexibility index (Phi) is 5.15. The van der Waals surface area contributed by atoms with Gasteiger partial charge < -0.3 is 0 Å². The molecule has 0 aliphatic carbocycles. The summed E-state index contributed by atoms with van der Waals surface area (Å²) in [7, 11) is 0. The highest BCUT2D eigenvalue weighted by Crippen LogP contribution is 2.25. The van der Waals surface area contributed by atoms with Crippen molar-refractivity contribution in [2.45, 2.75) is 6.92 Å². The first kappa shape index (κ1) is 19.3. The molecule has 0 atom stereocenters. The summed E-state index contributed by atoms with van der Waals surface area (Å²) in [5.41, 5.74) is 4.94. The molecule has 5 rings (SSSR count). The molecule has 0 bridgehead atoms. The molecular weight excluding hydrogens is 424 g/mol. The number of nitrogens with one attached hydrogen (secondary N) is 1. The SMILES string of the molecule is Cc1ccc(-c2nn(-c3ccccc3)cc2/C=N\n2c(-c3cccs3)n[nH]c2=S)cc1. The highest BCUT2D eigenvalue weighted by Gasteiger charge is 2.13. The molecule has 5 aromatic rings. The van der Waals surface area contributed by atoms with Gasteiger partial charge >= 0.3 is 0 Å².